The number of carbonyl (C=O) groups is 1. The van der Waals surface area contributed by atoms with Gasteiger partial charge in [-0.05, 0) is 18.9 Å². The number of amides is 1. The van der Waals surface area contributed by atoms with Gasteiger partial charge in [0, 0.05) is 18.4 Å². The van der Waals surface area contributed by atoms with Crippen LogP contribution in [0.4, 0.5) is 5.95 Å². The number of nitrogens with two attached hydrogens (primary N) is 1. The zero-order chi connectivity index (χ0) is 19.2. The number of aromatic nitrogens is 2. The number of aliphatic hydroxyl groups excluding tert-OH is 1. The maximum atomic E-state index is 13.0. The first-order valence-electron chi connectivity index (χ1n) is 8.74. The van der Waals surface area contributed by atoms with Crippen LogP contribution in [0.25, 0.3) is 11.3 Å². The van der Waals surface area contributed by atoms with Crippen LogP contribution in [0.1, 0.15) is 33.9 Å². The monoisotopic (exact) mass is 362 g/mol. The number of hydrogen-bond acceptors (Lipinski definition) is 5. The molecule has 1 atom stereocenters. The molecule has 6 nitrogen and oxygen atoms in total. The number of anilines is 1. The van der Waals surface area contributed by atoms with Gasteiger partial charge in [-0.2, -0.15) is 0 Å². The lowest BCUT2D eigenvalue weighted by Gasteiger charge is -2.19. The molecule has 0 spiro atoms. The minimum atomic E-state index is -0.315. The number of benzene rings is 2. The second-order valence-corrected chi connectivity index (χ2v) is 6.31. The summed E-state index contributed by atoms with van der Waals surface area (Å²) in [5, 5.41) is 12.4. The minimum absolute atomic E-state index is 0.0391. The summed E-state index contributed by atoms with van der Waals surface area (Å²) in [7, 11) is 0. The number of nitrogens with zero attached hydrogens (tertiary/aromatic N) is 2. The van der Waals surface area contributed by atoms with Gasteiger partial charge in [0.25, 0.3) is 5.91 Å². The van der Waals surface area contributed by atoms with E-state index in [2.05, 4.69) is 15.3 Å². The molecule has 0 unspecified atom stereocenters. The second-order valence-electron chi connectivity index (χ2n) is 6.31. The third-order valence-corrected chi connectivity index (χ3v) is 4.30. The third-order valence-electron chi connectivity index (χ3n) is 4.30. The Morgan fingerprint density at radius 1 is 1.15 bits per heavy atom. The number of nitrogens with one attached hydrogen (secondary N) is 1. The van der Waals surface area contributed by atoms with Crippen LogP contribution in [-0.4, -0.2) is 27.6 Å². The van der Waals surface area contributed by atoms with Crippen LogP contribution in [-0.2, 0) is 0 Å². The van der Waals surface area contributed by atoms with E-state index in [9.17, 15) is 9.90 Å². The van der Waals surface area contributed by atoms with E-state index in [0.29, 0.717) is 17.7 Å². The molecule has 0 fully saturated rings. The van der Waals surface area contributed by atoms with Crippen LogP contribution < -0.4 is 11.1 Å². The van der Waals surface area contributed by atoms with Gasteiger partial charge in [0.1, 0.15) is 0 Å². The summed E-state index contributed by atoms with van der Waals surface area (Å²) >= 11 is 0. The topological polar surface area (TPSA) is 101 Å². The van der Waals surface area contributed by atoms with Gasteiger partial charge in [0.15, 0.2) is 0 Å². The lowest BCUT2D eigenvalue weighted by Crippen LogP contribution is -2.30. The maximum Gasteiger partial charge on any atom is 0.255 e. The summed E-state index contributed by atoms with van der Waals surface area (Å²) < 4.78 is 0. The molecule has 1 amide bonds. The highest BCUT2D eigenvalue weighted by molar-refractivity contribution is 6.00. The lowest BCUT2D eigenvalue weighted by molar-refractivity contribution is 0.0930. The van der Waals surface area contributed by atoms with Gasteiger partial charge < -0.3 is 16.2 Å². The van der Waals surface area contributed by atoms with E-state index in [1.54, 1.807) is 0 Å². The number of aliphatic hydroxyl groups is 1. The molecule has 0 aliphatic carbocycles. The fourth-order valence-electron chi connectivity index (χ4n) is 2.86. The molecule has 0 saturated carbocycles. The molecular formula is C21H22N4O2. The third kappa shape index (κ3) is 4.48. The van der Waals surface area contributed by atoms with E-state index < -0.39 is 0 Å². The minimum Gasteiger partial charge on any atom is -0.396 e. The molecule has 0 aliphatic heterocycles. The molecule has 0 radical (unpaired) electrons. The van der Waals surface area contributed by atoms with Crippen molar-refractivity contribution >= 4 is 11.9 Å². The normalized spacial score (nSPS) is 11.8. The zero-order valence-electron chi connectivity index (χ0n) is 15.1. The molecule has 27 heavy (non-hydrogen) atoms. The largest absolute Gasteiger partial charge is 0.396 e. The number of rotatable bonds is 6. The fourth-order valence-corrected chi connectivity index (χ4v) is 2.86. The molecule has 4 N–H and O–H groups in total. The van der Waals surface area contributed by atoms with Crippen molar-refractivity contribution in [3.8, 4) is 11.3 Å². The quantitative estimate of drug-likeness (QED) is 0.626. The van der Waals surface area contributed by atoms with Crippen LogP contribution in [0.5, 0.6) is 0 Å². The number of hydrogen-bond donors (Lipinski definition) is 3. The Bertz CT molecular complexity index is 911. The highest BCUT2D eigenvalue weighted by Gasteiger charge is 2.20. The Morgan fingerprint density at radius 2 is 1.85 bits per heavy atom. The average molecular weight is 362 g/mol. The van der Waals surface area contributed by atoms with Crippen molar-refractivity contribution in [1.29, 1.82) is 0 Å². The maximum absolute atomic E-state index is 13.0. The SMILES string of the molecule is Cc1ccc([C@H](CCO)NC(=O)c2cnc(N)nc2-c2ccccc2)cc1. The smallest absolute Gasteiger partial charge is 0.255 e. The molecule has 138 valence electrons. The van der Waals surface area contributed by atoms with E-state index in [4.69, 9.17) is 5.73 Å². The van der Waals surface area contributed by atoms with Crippen LogP contribution in [0.3, 0.4) is 0 Å². The highest BCUT2D eigenvalue weighted by Crippen LogP contribution is 2.23. The molecule has 3 aromatic rings. The van der Waals surface area contributed by atoms with E-state index in [0.717, 1.165) is 16.7 Å². The summed E-state index contributed by atoms with van der Waals surface area (Å²) in [6.45, 7) is 1.96. The molecule has 0 saturated heterocycles. The van der Waals surface area contributed by atoms with Crippen LogP contribution in [0, 0.1) is 6.92 Å². The second kappa shape index (κ2) is 8.42. The Labute approximate surface area is 158 Å². The van der Waals surface area contributed by atoms with Crippen LogP contribution >= 0.6 is 0 Å². The van der Waals surface area contributed by atoms with Crippen molar-refractivity contribution in [2.75, 3.05) is 12.3 Å². The molecule has 6 heteroatoms. The van der Waals surface area contributed by atoms with Crippen LogP contribution in [0.15, 0.2) is 60.8 Å². The number of carbonyl (C=O) groups excluding carboxylic acids is 1. The predicted octanol–water partition coefficient (Wildman–Crippen LogP) is 2.89. The van der Waals surface area contributed by atoms with E-state index >= 15 is 0 Å². The lowest BCUT2D eigenvalue weighted by atomic mass is 10.0. The first-order valence-corrected chi connectivity index (χ1v) is 8.74. The number of aryl methyl sites for hydroxylation is 1. The summed E-state index contributed by atoms with van der Waals surface area (Å²) in [6, 6.07) is 16.9. The Hall–Kier alpha value is -3.25. The van der Waals surface area contributed by atoms with Gasteiger partial charge in [0.2, 0.25) is 5.95 Å². The van der Waals surface area contributed by atoms with Crippen molar-refractivity contribution in [2.45, 2.75) is 19.4 Å². The molecule has 2 aromatic carbocycles. The predicted molar refractivity (Wildman–Crippen MR) is 105 cm³/mol. The zero-order valence-corrected chi connectivity index (χ0v) is 15.1. The molecule has 1 heterocycles. The van der Waals surface area contributed by atoms with Crippen molar-refractivity contribution in [2.24, 2.45) is 0 Å². The molecular weight excluding hydrogens is 340 g/mol. The Morgan fingerprint density at radius 3 is 2.52 bits per heavy atom. The summed E-state index contributed by atoms with van der Waals surface area (Å²) in [5.74, 6) is -0.205. The summed E-state index contributed by atoms with van der Waals surface area (Å²) in [6.07, 6.45) is 1.84. The average Bonchev–Trinajstić information content (AvgIpc) is 2.69. The highest BCUT2D eigenvalue weighted by atomic mass is 16.3. The number of nitrogen functional groups attached to an aromatic ring is 1. The van der Waals surface area contributed by atoms with E-state index in [1.165, 1.54) is 6.20 Å². The Balaban J connectivity index is 1.91. The van der Waals surface area contributed by atoms with Gasteiger partial charge >= 0.3 is 0 Å². The van der Waals surface area contributed by atoms with Gasteiger partial charge in [-0.25, -0.2) is 9.97 Å². The molecule has 3 rings (SSSR count). The van der Waals surface area contributed by atoms with Gasteiger partial charge in [-0.15, -0.1) is 0 Å². The molecule has 1 aromatic heterocycles. The standard InChI is InChI=1S/C21H22N4O2/c1-14-7-9-15(10-8-14)18(11-12-26)24-20(27)17-13-23-21(22)25-19(17)16-5-3-2-4-6-16/h2-10,13,18,26H,11-12H2,1H3,(H,24,27)(H2,22,23,25)/t18-/m0/s1. The summed E-state index contributed by atoms with van der Waals surface area (Å²) in [4.78, 5) is 21.2. The first-order chi connectivity index (χ1) is 13.1. The Kier molecular flexibility index (Phi) is 5.78. The van der Waals surface area contributed by atoms with Crippen molar-refractivity contribution in [3.63, 3.8) is 0 Å². The van der Waals surface area contributed by atoms with E-state index in [1.807, 2.05) is 61.5 Å². The van der Waals surface area contributed by atoms with E-state index in [-0.39, 0.29) is 24.5 Å². The van der Waals surface area contributed by atoms with Crippen molar-refractivity contribution in [1.82, 2.24) is 15.3 Å². The van der Waals surface area contributed by atoms with Crippen molar-refractivity contribution < 1.29 is 9.90 Å². The van der Waals surface area contributed by atoms with Gasteiger partial charge in [-0.1, -0.05) is 60.2 Å². The first kappa shape index (κ1) is 18.5. The van der Waals surface area contributed by atoms with Gasteiger partial charge in [-0.3, -0.25) is 4.79 Å². The molecule has 0 bridgehead atoms. The molecule has 0 aliphatic rings. The van der Waals surface area contributed by atoms with Crippen LogP contribution in [0.2, 0.25) is 0 Å². The van der Waals surface area contributed by atoms with Gasteiger partial charge in [0.05, 0.1) is 17.3 Å². The van der Waals surface area contributed by atoms with Crippen molar-refractivity contribution in [3.05, 3.63) is 77.5 Å². The fraction of sp³-hybridized carbons (Fsp3) is 0.190. The summed E-state index contributed by atoms with van der Waals surface area (Å²) in [5.41, 5.74) is 9.39.